The van der Waals surface area contributed by atoms with Gasteiger partial charge in [0.15, 0.2) is 5.96 Å². The summed E-state index contributed by atoms with van der Waals surface area (Å²) in [6.45, 7) is 5.95. The molecule has 2 aliphatic rings. The summed E-state index contributed by atoms with van der Waals surface area (Å²) in [5.74, 6) is 1.81. The van der Waals surface area contributed by atoms with Crippen molar-refractivity contribution in [2.24, 2.45) is 16.8 Å². The maximum Gasteiger partial charge on any atom is 0.225 e. The second-order valence-electron chi connectivity index (χ2n) is 8.45. The smallest absolute Gasteiger partial charge is 0.225 e. The lowest BCUT2D eigenvalue weighted by Crippen LogP contribution is -2.46. The van der Waals surface area contributed by atoms with Gasteiger partial charge in [0.2, 0.25) is 5.91 Å². The number of carbonyl (C=O) groups is 1. The van der Waals surface area contributed by atoms with Crippen LogP contribution >= 0.6 is 24.0 Å². The molecule has 1 saturated heterocycles. The molecule has 2 fully saturated rings. The summed E-state index contributed by atoms with van der Waals surface area (Å²) in [7, 11) is 1.79. The molecule has 0 radical (unpaired) electrons. The highest BCUT2D eigenvalue weighted by Crippen LogP contribution is 2.27. The van der Waals surface area contributed by atoms with E-state index in [0.717, 1.165) is 44.9 Å². The van der Waals surface area contributed by atoms with Crippen LogP contribution in [0.1, 0.15) is 44.6 Å². The number of nitrogens with one attached hydrogen (secondary N) is 2. The Hall–Kier alpha value is -1.35. The number of ether oxygens (including phenoxy) is 1. The number of likely N-dealkylation sites (tertiary alicyclic amines) is 1. The van der Waals surface area contributed by atoms with Gasteiger partial charge in [-0.2, -0.15) is 0 Å². The average molecular weight is 528 g/mol. The predicted molar refractivity (Wildman–Crippen MR) is 132 cm³/mol. The quantitative estimate of drug-likeness (QED) is 0.309. The van der Waals surface area contributed by atoms with E-state index in [1.165, 1.54) is 18.4 Å². The normalized spacial score (nSPS) is 20.7. The molecule has 1 aliphatic carbocycles. The van der Waals surface area contributed by atoms with Crippen molar-refractivity contribution in [2.45, 2.75) is 51.7 Å². The molecule has 0 aromatic heterocycles. The molecule has 6 nitrogen and oxygen atoms in total. The molecule has 1 aromatic carbocycles. The maximum atomic E-state index is 12.6. The number of hydrogen-bond donors (Lipinski definition) is 2. The lowest BCUT2D eigenvalue weighted by molar-refractivity contribution is -0.134. The number of benzene rings is 1. The summed E-state index contributed by atoms with van der Waals surface area (Å²) in [4.78, 5) is 19.0. The van der Waals surface area contributed by atoms with Crippen molar-refractivity contribution in [3.05, 3.63) is 35.9 Å². The fourth-order valence-corrected chi connectivity index (χ4v) is 4.18. The number of aliphatic imine (C=N–C) groups is 1. The molecule has 7 heteroatoms. The van der Waals surface area contributed by atoms with Crippen LogP contribution < -0.4 is 10.6 Å². The fraction of sp³-hybridized carbons (Fsp3) is 0.652. The van der Waals surface area contributed by atoms with Crippen LogP contribution in [0.5, 0.6) is 0 Å². The van der Waals surface area contributed by atoms with E-state index in [2.05, 4.69) is 34.7 Å². The van der Waals surface area contributed by atoms with Crippen LogP contribution in [-0.2, 0) is 16.1 Å². The zero-order chi connectivity index (χ0) is 20.5. The van der Waals surface area contributed by atoms with Crippen LogP contribution in [-0.4, -0.2) is 56.1 Å². The molecule has 168 valence electrons. The molecular weight excluding hydrogens is 491 g/mol. The summed E-state index contributed by atoms with van der Waals surface area (Å²) in [5.41, 5.74) is 1.20. The molecule has 1 heterocycles. The van der Waals surface area contributed by atoms with E-state index >= 15 is 0 Å². The molecule has 2 N–H and O–H groups in total. The topological polar surface area (TPSA) is 66.0 Å². The molecule has 2 atom stereocenters. The Balaban J connectivity index is 0.00000320. The summed E-state index contributed by atoms with van der Waals surface area (Å²) < 4.78 is 5.83. The van der Waals surface area contributed by atoms with E-state index in [4.69, 9.17) is 4.74 Å². The van der Waals surface area contributed by atoms with Gasteiger partial charge >= 0.3 is 0 Å². The van der Waals surface area contributed by atoms with E-state index in [9.17, 15) is 4.79 Å². The van der Waals surface area contributed by atoms with Crippen LogP contribution in [0, 0.1) is 11.8 Å². The van der Waals surface area contributed by atoms with Gasteiger partial charge in [0.05, 0.1) is 13.2 Å². The van der Waals surface area contributed by atoms with Crippen molar-refractivity contribution < 1.29 is 9.53 Å². The molecule has 0 bridgehead atoms. The molecule has 2 unspecified atom stereocenters. The summed E-state index contributed by atoms with van der Waals surface area (Å²) in [5, 5.41) is 6.88. The van der Waals surface area contributed by atoms with Crippen LogP contribution in [0.2, 0.25) is 0 Å². The molecule has 0 spiro atoms. The third-order valence-electron chi connectivity index (χ3n) is 5.90. The van der Waals surface area contributed by atoms with Gasteiger partial charge in [-0.1, -0.05) is 50.1 Å². The average Bonchev–Trinajstić information content (AvgIpc) is 3.44. The van der Waals surface area contributed by atoms with Crippen molar-refractivity contribution in [1.29, 1.82) is 0 Å². The highest BCUT2D eigenvalue weighted by Gasteiger charge is 2.32. The van der Waals surface area contributed by atoms with Crippen LogP contribution in [0.15, 0.2) is 35.3 Å². The number of rotatable bonds is 8. The third-order valence-corrected chi connectivity index (χ3v) is 5.90. The van der Waals surface area contributed by atoms with E-state index < -0.39 is 0 Å². The van der Waals surface area contributed by atoms with Crippen LogP contribution in [0.4, 0.5) is 0 Å². The van der Waals surface area contributed by atoms with Crippen molar-refractivity contribution in [3.8, 4) is 0 Å². The second-order valence-corrected chi connectivity index (χ2v) is 8.45. The Morgan fingerprint density at radius 3 is 2.67 bits per heavy atom. The SMILES string of the molecule is CN=C(NCC(C)COCc1ccccc1)NC1CCN(C(=O)C2CCCC2)C1.I. The second kappa shape index (κ2) is 13.1. The number of carbonyl (C=O) groups excluding carboxylic acids is 1. The van der Waals surface area contributed by atoms with Crippen LogP contribution in [0.25, 0.3) is 0 Å². The molecule has 30 heavy (non-hydrogen) atoms. The van der Waals surface area contributed by atoms with Gasteiger partial charge in [0.25, 0.3) is 0 Å². The Bertz CT molecular complexity index is 664. The maximum absolute atomic E-state index is 12.6. The zero-order valence-electron chi connectivity index (χ0n) is 18.3. The van der Waals surface area contributed by atoms with Crippen molar-refractivity contribution in [2.75, 3.05) is 33.3 Å². The zero-order valence-corrected chi connectivity index (χ0v) is 20.6. The minimum absolute atomic E-state index is 0. The summed E-state index contributed by atoms with van der Waals surface area (Å²) >= 11 is 0. The first kappa shape index (κ1) is 24.9. The Morgan fingerprint density at radius 1 is 1.23 bits per heavy atom. The number of halogens is 1. The minimum atomic E-state index is 0. The first-order valence-electron chi connectivity index (χ1n) is 11.0. The monoisotopic (exact) mass is 528 g/mol. The van der Waals surface area contributed by atoms with Crippen molar-refractivity contribution in [1.82, 2.24) is 15.5 Å². The number of amides is 1. The summed E-state index contributed by atoms with van der Waals surface area (Å²) in [6, 6.07) is 10.5. The van der Waals surface area contributed by atoms with Gasteiger partial charge in [0, 0.05) is 38.6 Å². The van der Waals surface area contributed by atoms with E-state index in [1.54, 1.807) is 7.05 Å². The molecule has 3 rings (SSSR count). The van der Waals surface area contributed by atoms with E-state index in [1.807, 2.05) is 23.1 Å². The van der Waals surface area contributed by atoms with E-state index in [0.29, 0.717) is 25.0 Å². The lowest BCUT2D eigenvalue weighted by Gasteiger charge is -2.22. The van der Waals surface area contributed by atoms with Crippen molar-refractivity contribution in [3.63, 3.8) is 0 Å². The van der Waals surface area contributed by atoms with Gasteiger partial charge in [-0.3, -0.25) is 9.79 Å². The molecule has 1 amide bonds. The van der Waals surface area contributed by atoms with Crippen molar-refractivity contribution >= 4 is 35.8 Å². The fourth-order valence-electron chi connectivity index (χ4n) is 4.18. The van der Waals surface area contributed by atoms with E-state index in [-0.39, 0.29) is 35.9 Å². The Kier molecular flexibility index (Phi) is 10.9. The lowest BCUT2D eigenvalue weighted by atomic mass is 10.1. The number of guanidine groups is 1. The molecular formula is C23H37IN4O2. The largest absolute Gasteiger partial charge is 0.376 e. The minimum Gasteiger partial charge on any atom is -0.376 e. The highest BCUT2D eigenvalue weighted by atomic mass is 127. The van der Waals surface area contributed by atoms with Crippen LogP contribution in [0.3, 0.4) is 0 Å². The molecule has 1 saturated carbocycles. The van der Waals surface area contributed by atoms with Gasteiger partial charge < -0.3 is 20.3 Å². The van der Waals surface area contributed by atoms with Gasteiger partial charge in [-0.25, -0.2) is 0 Å². The first-order valence-corrected chi connectivity index (χ1v) is 11.0. The Morgan fingerprint density at radius 2 is 1.97 bits per heavy atom. The predicted octanol–water partition coefficient (Wildman–Crippen LogP) is 3.41. The number of nitrogens with zero attached hydrogens (tertiary/aromatic N) is 2. The third kappa shape index (κ3) is 7.72. The highest BCUT2D eigenvalue weighted by molar-refractivity contribution is 14.0. The van der Waals surface area contributed by atoms with Gasteiger partial charge in [0.1, 0.15) is 0 Å². The molecule has 1 aromatic rings. The number of hydrogen-bond acceptors (Lipinski definition) is 3. The van der Waals surface area contributed by atoms with Gasteiger partial charge in [-0.15, -0.1) is 24.0 Å². The molecule has 1 aliphatic heterocycles. The first-order chi connectivity index (χ1) is 14.2. The summed E-state index contributed by atoms with van der Waals surface area (Å²) in [6.07, 6.45) is 5.53. The van der Waals surface area contributed by atoms with Gasteiger partial charge in [-0.05, 0) is 30.7 Å². The Labute approximate surface area is 198 Å². The standard InChI is InChI=1S/C23H36N4O2.HI/c1-18(16-29-17-19-8-4-3-5-9-19)14-25-23(24-2)26-21-12-13-27(15-21)22(28)20-10-6-7-11-20;/h3-5,8-9,18,20-21H,6-7,10-17H2,1-2H3,(H2,24,25,26);1H.